The minimum absolute atomic E-state index is 0.0134. The molecule has 0 bridgehead atoms. The Balaban J connectivity index is 1.87. The van der Waals surface area contributed by atoms with Gasteiger partial charge in [-0.3, -0.25) is 9.78 Å². The molecule has 0 aliphatic carbocycles. The summed E-state index contributed by atoms with van der Waals surface area (Å²) < 4.78 is 7.35. The highest BCUT2D eigenvalue weighted by Gasteiger charge is 2.23. The second kappa shape index (κ2) is 5.54. The van der Waals surface area contributed by atoms with Crippen LogP contribution < -0.4 is 5.56 Å². The van der Waals surface area contributed by atoms with E-state index in [0.717, 1.165) is 34.3 Å². The molecule has 0 saturated heterocycles. The first-order valence-corrected chi connectivity index (χ1v) is 8.83. The maximum Gasteiger partial charge on any atom is 0.260 e. The molecule has 5 rings (SSSR count). The van der Waals surface area contributed by atoms with Crippen molar-refractivity contribution in [3.8, 4) is 11.4 Å². The van der Waals surface area contributed by atoms with Crippen molar-refractivity contribution in [1.29, 1.82) is 0 Å². The zero-order valence-corrected chi connectivity index (χ0v) is 14.7. The first kappa shape index (κ1) is 15.3. The molecule has 1 atom stereocenters. The number of nitrogens with one attached hydrogen (secondary N) is 1. The van der Waals surface area contributed by atoms with Gasteiger partial charge in [0.25, 0.3) is 5.56 Å². The van der Waals surface area contributed by atoms with Gasteiger partial charge in [-0.05, 0) is 36.4 Å². The summed E-state index contributed by atoms with van der Waals surface area (Å²) in [6.07, 6.45) is 4.18. The number of hydrogen-bond donors (Lipinski definition) is 1. The summed E-state index contributed by atoms with van der Waals surface area (Å²) in [6.45, 7) is 2.66. The number of rotatable bonds is 2. The van der Waals surface area contributed by atoms with Crippen LogP contribution in [0.4, 0.5) is 0 Å². The number of aromatic amines is 1. The number of H-pyrrole nitrogens is 1. The van der Waals surface area contributed by atoms with Crippen LogP contribution in [0.3, 0.4) is 0 Å². The van der Waals surface area contributed by atoms with Gasteiger partial charge in [0, 0.05) is 42.5 Å². The lowest BCUT2D eigenvalue weighted by Crippen LogP contribution is -2.26. The topological polar surface area (TPSA) is 59.9 Å². The molecule has 4 heterocycles. The average Bonchev–Trinajstić information content (AvgIpc) is 3.06. The van der Waals surface area contributed by atoms with E-state index in [-0.39, 0.29) is 11.7 Å². The predicted octanol–water partition coefficient (Wildman–Crippen LogP) is 3.81. The largest absolute Gasteiger partial charge is 0.377 e. The van der Waals surface area contributed by atoms with Crippen molar-refractivity contribution < 1.29 is 4.74 Å². The highest BCUT2D eigenvalue weighted by atomic mass is 16.5. The molecule has 26 heavy (non-hydrogen) atoms. The van der Waals surface area contributed by atoms with Crippen molar-refractivity contribution in [1.82, 2.24) is 14.5 Å². The average molecular weight is 345 g/mol. The third-order valence-electron chi connectivity index (χ3n) is 5.51. The number of nitrogens with zero attached hydrogens (tertiary/aromatic N) is 2. The van der Waals surface area contributed by atoms with Crippen molar-refractivity contribution in [2.24, 2.45) is 0 Å². The van der Waals surface area contributed by atoms with Crippen molar-refractivity contribution in [3.63, 3.8) is 0 Å². The smallest absolute Gasteiger partial charge is 0.260 e. The molecule has 3 aromatic heterocycles. The van der Waals surface area contributed by atoms with Gasteiger partial charge in [0.15, 0.2) is 0 Å². The molecular weight excluding hydrogens is 326 g/mol. The summed E-state index contributed by atoms with van der Waals surface area (Å²) in [7, 11) is 1.67. The Hall–Kier alpha value is -2.92. The molecule has 4 aromatic rings. The van der Waals surface area contributed by atoms with E-state index in [1.54, 1.807) is 19.5 Å². The quantitative estimate of drug-likeness (QED) is 0.601. The van der Waals surface area contributed by atoms with E-state index < -0.39 is 0 Å². The number of aromatic nitrogens is 3. The SMILES string of the molecule is CO[C@H](C)c1cncc2c(=O)n3c(cc12)-c1[nH]c2ccccc2c1CC3. The fraction of sp³-hybridized carbons (Fsp3) is 0.238. The number of fused-ring (bicyclic) bond motifs is 6. The maximum absolute atomic E-state index is 13.1. The Morgan fingerprint density at radius 2 is 2.04 bits per heavy atom. The van der Waals surface area contributed by atoms with Crippen LogP contribution in [0.5, 0.6) is 0 Å². The van der Waals surface area contributed by atoms with E-state index in [1.165, 1.54) is 10.9 Å². The second-order valence-corrected chi connectivity index (χ2v) is 6.83. The van der Waals surface area contributed by atoms with Crippen molar-refractivity contribution in [2.45, 2.75) is 26.0 Å². The molecule has 0 saturated carbocycles. The van der Waals surface area contributed by atoms with E-state index in [4.69, 9.17) is 4.74 Å². The van der Waals surface area contributed by atoms with Crippen LogP contribution in [-0.2, 0) is 17.7 Å². The third-order valence-corrected chi connectivity index (χ3v) is 5.51. The van der Waals surface area contributed by atoms with Crippen LogP contribution in [0.25, 0.3) is 33.1 Å². The number of ether oxygens (including phenoxy) is 1. The van der Waals surface area contributed by atoms with E-state index in [2.05, 4.69) is 34.2 Å². The summed E-state index contributed by atoms with van der Waals surface area (Å²) in [5.74, 6) is 0. The third kappa shape index (κ3) is 2.01. The predicted molar refractivity (Wildman–Crippen MR) is 102 cm³/mol. The number of benzene rings is 1. The van der Waals surface area contributed by atoms with Crippen LogP contribution >= 0.6 is 0 Å². The van der Waals surface area contributed by atoms with Crippen molar-refractivity contribution in [3.05, 3.63) is 64.2 Å². The number of pyridine rings is 2. The van der Waals surface area contributed by atoms with Gasteiger partial charge in [0.1, 0.15) is 0 Å². The summed E-state index contributed by atoms with van der Waals surface area (Å²) in [5, 5.41) is 2.80. The molecule has 1 aliphatic heterocycles. The van der Waals surface area contributed by atoms with Gasteiger partial charge in [-0.2, -0.15) is 0 Å². The Morgan fingerprint density at radius 1 is 1.19 bits per heavy atom. The van der Waals surface area contributed by atoms with Crippen LogP contribution in [0, 0.1) is 0 Å². The van der Waals surface area contributed by atoms with E-state index in [9.17, 15) is 4.79 Å². The van der Waals surface area contributed by atoms with Gasteiger partial charge in [-0.15, -0.1) is 0 Å². The summed E-state index contributed by atoms with van der Waals surface area (Å²) in [6, 6.07) is 10.4. The fourth-order valence-corrected chi connectivity index (χ4v) is 4.07. The molecule has 1 aliphatic rings. The molecule has 0 spiro atoms. The highest BCUT2D eigenvalue weighted by molar-refractivity contribution is 5.93. The molecule has 0 amide bonds. The first-order valence-electron chi connectivity index (χ1n) is 8.83. The van der Waals surface area contributed by atoms with E-state index in [0.29, 0.717) is 11.9 Å². The van der Waals surface area contributed by atoms with Gasteiger partial charge < -0.3 is 14.3 Å². The second-order valence-electron chi connectivity index (χ2n) is 6.83. The van der Waals surface area contributed by atoms with Crippen LogP contribution in [0.1, 0.15) is 24.2 Å². The molecule has 5 nitrogen and oxygen atoms in total. The molecule has 1 aromatic carbocycles. The van der Waals surface area contributed by atoms with E-state index in [1.807, 2.05) is 17.6 Å². The highest BCUT2D eigenvalue weighted by Crippen LogP contribution is 2.35. The Labute approximate surface area is 150 Å². The Kier molecular flexibility index (Phi) is 3.27. The fourth-order valence-electron chi connectivity index (χ4n) is 4.07. The molecular formula is C21H19N3O2. The molecule has 130 valence electrons. The number of methoxy groups -OCH3 is 1. The summed E-state index contributed by atoms with van der Waals surface area (Å²) in [5.41, 5.74) is 5.33. The first-order chi connectivity index (χ1) is 12.7. The number of aryl methyl sites for hydroxylation is 1. The Morgan fingerprint density at radius 3 is 2.88 bits per heavy atom. The zero-order valence-electron chi connectivity index (χ0n) is 14.7. The zero-order chi connectivity index (χ0) is 17.8. The van der Waals surface area contributed by atoms with Gasteiger partial charge in [0.05, 0.1) is 22.9 Å². The maximum atomic E-state index is 13.1. The lowest BCUT2D eigenvalue weighted by Gasteiger charge is -2.21. The monoisotopic (exact) mass is 345 g/mol. The molecule has 0 radical (unpaired) electrons. The lowest BCUT2D eigenvalue weighted by molar-refractivity contribution is 0.120. The van der Waals surface area contributed by atoms with Crippen LogP contribution in [-0.4, -0.2) is 21.6 Å². The normalized spacial score (nSPS) is 14.4. The lowest BCUT2D eigenvalue weighted by atomic mass is 9.98. The molecule has 0 unspecified atom stereocenters. The van der Waals surface area contributed by atoms with Gasteiger partial charge in [-0.1, -0.05) is 18.2 Å². The van der Waals surface area contributed by atoms with Gasteiger partial charge in [-0.25, -0.2) is 0 Å². The van der Waals surface area contributed by atoms with Crippen LogP contribution in [0.2, 0.25) is 0 Å². The summed E-state index contributed by atoms with van der Waals surface area (Å²) in [4.78, 5) is 20.9. The van der Waals surface area contributed by atoms with Gasteiger partial charge >= 0.3 is 0 Å². The number of hydrogen-bond acceptors (Lipinski definition) is 3. The molecule has 5 heteroatoms. The minimum Gasteiger partial charge on any atom is -0.377 e. The minimum atomic E-state index is -0.126. The Bertz CT molecular complexity index is 1220. The molecule has 1 N–H and O–H groups in total. The standard InChI is InChI=1S/C21H19N3O2/c1-12(26-2)16-10-22-11-17-15(16)9-19-20-14(7-8-24(19)21(17)25)13-5-3-4-6-18(13)23-20/h3-6,9-12,23H,7-8H2,1-2H3/t12-/m1/s1. The summed E-state index contributed by atoms with van der Waals surface area (Å²) >= 11 is 0. The number of para-hydroxylation sites is 1. The van der Waals surface area contributed by atoms with Crippen LogP contribution in [0.15, 0.2) is 47.5 Å². The van der Waals surface area contributed by atoms with E-state index >= 15 is 0 Å². The van der Waals surface area contributed by atoms with Gasteiger partial charge in [0.2, 0.25) is 0 Å². The molecule has 0 fully saturated rings. The van der Waals surface area contributed by atoms with Crippen molar-refractivity contribution >= 4 is 21.7 Å². The van der Waals surface area contributed by atoms with Crippen molar-refractivity contribution in [2.75, 3.05) is 7.11 Å².